The van der Waals surface area contributed by atoms with E-state index in [1.807, 2.05) is 47.8 Å². The summed E-state index contributed by atoms with van der Waals surface area (Å²) in [6.07, 6.45) is 0.535. The number of phenolic OH excluding ortho intramolecular Hbond substituents is 1. The van der Waals surface area contributed by atoms with Gasteiger partial charge in [-0.3, -0.25) is 9.59 Å². The summed E-state index contributed by atoms with van der Waals surface area (Å²) in [6.45, 7) is 0.731. The lowest BCUT2D eigenvalue weighted by atomic mass is 10.2. The van der Waals surface area contributed by atoms with Crippen LogP contribution in [0.2, 0.25) is 0 Å². The molecule has 32 heavy (non-hydrogen) atoms. The Morgan fingerprint density at radius 1 is 0.938 bits per heavy atom. The maximum absolute atomic E-state index is 12.6. The van der Waals surface area contributed by atoms with Gasteiger partial charge in [0.25, 0.3) is 11.8 Å². The molecule has 0 bridgehead atoms. The molecule has 0 aliphatic heterocycles. The van der Waals surface area contributed by atoms with Gasteiger partial charge in [0.05, 0.1) is 10.6 Å². The van der Waals surface area contributed by atoms with Crippen molar-refractivity contribution in [1.82, 2.24) is 25.4 Å². The molecule has 9 heteroatoms. The SMILES string of the molecule is O=C(NCCCNC(=O)c1nc(-c2cccs2)n(-c2ccccc2)n1)c1cccc(O)c1. The Morgan fingerprint density at radius 3 is 2.44 bits per heavy atom. The fourth-order valence-electron chi connectivity index (χ4n) is 3.04. The van der Waals surface area contributed by atoms with Gasteiger partial charge < -0.3 is 15.7 Å². The van der Waals surface area contributed by atoms with Gasteiger partial charge in [-0.2, -0.15) is 0 Å². The highest BCUT2D eigenvalue weighted by atomic mass is 32.1. The molecule has 162 valence electrons. The average Bonchev–Trinajstić information content (AvgIpc) is 3.49. The van der Waals surface area contributed by atoms with Crippen molar-refractivity contribution in [3.05, 3.63) is 83.5 Å². The van der Waals surface area contributed by atoms with E-state index in [4.69, 9.17) is 0 Å². The number of amides is 2. The number of carbonyl (C=O) groups excluding carboxylic acids is 2. The Morgan fingerprint density at radius 2 is 1.72 bits per heavy atom. The van der Waals surface area contributed by atoms with Gasteiger partial charge in [-0.05, 0) is 48.2 Å². The molecule has 0 saturated carbocycles. The van der Waals surface area contributed by atoms with Gasteiger partial charge in [0.15, 0.2) is 5.82 Å². The summed E-state index contributed by atoms with van der Waals surface area (Å²) in [6, 6.07) is 19.5. The minimum Gasteiger partial charge on any atom is -0.508 e. The highest BCUT2D eigenvalue weighted by molar-refractivity contribution is 7.13. The molecule has 2 aromatic heterocycles. The molecular formula is C23H21N5O3S. The van der Waals surface area contributed by atoms with E-state index < -0.39 is 0 Å². The van der Waals surface area contributed by atoms with Crippen LogP contribution in [0.4, 0.5) is 0 Å². The first kappa shape index (κ1) is 21.3. The number of phenols is 1. The number of aromatic hydroxyl groups is 1. The van der Waals surface area contributed by atoms with E-state index in [1.165, 1.54) is 23.5 Å². The number of nitrogens with zero attached hydrogens (tertiary/aromatic N) is 3. The third kappa shape index (κ3) is 5.01. The monoisotopic (exact) mass is 447 g/mol. The number of rotatable bonds is 8. The number of thiophene rings is 1. The van der Waals surface area contributed by atoms with Crippen LogP contribution in [0.25, 0.3) is 16.4 Å². The largest absolute Gasteiger partial charge is 0.508 e. The smallest absolute Gasteiger partial charge is 0.290 e. The molecule has 2 heterocycles. The highest BCUT2D eigenvalue weighted by Crippen LogP contribution is 2.25. The lowest BCUT2D eigenvalue weighted by Gasteiger charge is -2.06. The van der Waals surface area contributed by atoms with Crippen LogP contribution in [-0.4, -0.2) is 44.8 Å². The summed E-state index contributed by atoms with van der Waals surface area (Å²) in [5.74, 6) is 0.0675. The van der Waals surface area contributed by atoms with Crippen LogP contribution < -0.4 is 10.6 Å². The van der Waals surface area contributed by atoms with Gasteiger partial charge in [-0.25, -0.2) is 9.67 Å². The summed E-state index contributed by atoms with van der Waals surface area (Å²) in [5.41, 5.74) is 1.20. The Bertz CT molecular complexity index is 1210. The van der Waals surface area contributed by atoms with E-state index in [2.05, 4.69) is 20.7 Å². The first-order valence-electron chi connectivity index (χ1n) is 10.0. The molecule has 2 aromatic carbocycles. The maximum atomic E-state index is 12.6. The second-order valence-electron chi connectivity index (χ2n) is 6.90. The Balaban J connectivity index is 1.35. The number of para-hydroxylation sites is 1. The second-order valence-corrected chi connectivity index (χ2v) is 7.85. The van der Waals surface area contributed by atoms with Crippen LogP contribution in [0.3, 0.4) is 0 Å². The number of aromatic nitrogens is 3. The molecule has 0 radical (unpaired) electrons. The first-order chi connectivity index (χ1) is 15.6. The molecule has 8 nitrogen and oxygen atoms in total. The quantitative estimate of drug-likeness (QED) is 0.359. The summed E-state index contributed by atoms with van der Waals surface area (Å²) < 4.78 is 1.66. The van der Waals surface area contributed by atoms with Crippen LogP contribution in [-0.2, 0) is 0 Å². The molecular weight excluding hydrogens is 426 g/mol. The molecule has 4 aromatic rings. The first-order valence-corrected chi connectivity index (χ1v) is 10.9. The zero-order valence-corrected chi connectivity index (χ0v) is 17.9. The zero-order chi connectivity index (χ0) is 22.3. The molecule has 2 amide bonds. The lowest BCUT2D eigenvalue weighted by molar-refractivity contribution is 0.0942. The molecule has 3 N–H and O–H groups in total. The van der Waals surface area contributed by atoms with Crippen molar-refractivity contribution in [1.29, 1.82) is 0 Å². The van der Waals surface area contributed by atoms with Gasteiger partial charge in [-0.15, -0.1) is 16.4 Å². The van der Waals surface area contributed by atoms with Crippen molar-refractivity contribution in [2.24, 2.45) is 0 Å². The van der Waals surface area contributed by atoms with E-state index >= 15 is 0 Å². The minimum atomic E-state index is -0.378. The van der Waals surface area contributed by atoms with Gasteiger partial charge in [0.1, 0.15) is 5.75 Å². The molecule has 0 aliphatic rings. The van der Waals surface area contributed by atoms with Gasteiger partial charge >= 0.3 is 0 Å². The van der Waals surface area contributed by atoms with Crippen molar-refractivity contribution in [3.63, 3.8) is 0 Å². The number of hydrogen-bond acceptors (Lipinski definition) is 6. The van der Waals surface area contributed by atoms with E-state index in [0.717, 1.165) is 10.6 Å². The van der Waals surface area contributed by atoms with Crippen LogP contribution in [0.5, 0.6) is 5.75 Å². The third-order valence-electron chi connectivity index (χ3n) is 4.59. The second kappa shape index (κ2) is 9.88. The predicted molar refractivity (Wildman–Crippen MR) is 122 cm³/mol. The number of carbonyl (C=O) groups is 2. The number of hydrogen-bond donors (Lipinski definition) is 3. The van der Waals surface area contributed by atoms with Crippen LogP contribution in [0, 0.1) is 0 Å². The average molecular weight is 448 g/mol. The lowest BCUT2D eigenvalue weighted by Crippen LogP contribution is -2.30. The molecule has 0 atom stereocenters. The third-order valence-corrected chi connectivity index (χ3v) is 5.45. The summed E-state index contributed by atoms with van der Waals surface area (Å²) >= 11 is 1.53. The van der Waals surface area contributed by atoms with Crippen LogP contribution >= 0.6 is 11.3 Å². The van der Waals surface area contributed by atoms with E-state index in [0.29, 0.717) is 30.9 Å². The van der Waals surface area contributed by atoms with E-state index in [1.54, 1.807) is 16.8 Å². The zero-order valence-electron chi connectivity index (χ0n) is 17.1. The summed E-state index contributed by atoms with van der Waals surface area (Å²) in [7, 11) is 0. The van der Waals surface area contributed by atoms with Crippen molar-refractivity contribution in [3.8, 4) is 22.1 Å². The van der Waals surface area contributed by atoms with Crippen molar-refractivity contribution in [2.45, 2.75) is 6.42 Å². The molecule has 0 fully saturated rings. The van der Waals surface area contributed by atoms with E-state index in [9.17, 15) is 14.7 Å². The van der Waals surface area contributed by atoms with Gasteiger partial charge in [0, 0.05) is 18.7 Å². The van der Waals surface area contributed by atoms with Gasteiger partial charge in [-0.1, -0.05) is 30.3 Å². The maximum Gasteiger partial charge on any atom is 0.290 e. The molecule has 0 saturated heterocycles. The Labute approximate surface area is 188 Å². The summed E-state index contributed by atoms with van der Waals surface area (Å²) in [5, 5.41) is 21.4. The molecule has 0 unspecified atom stereocenters. The Kier molecular flexibility index (Phi) is 6.57. The van der Waals surface area contributed by atoms with E-state index in [-0.39, 0.29) is 23.4 Å². The van der Waals surface area contributed by atoms with Crippen LogP contribution in [0.1, 0.15) is 27.4 Å². The molecule has 0 aliphatic carbocycles. The number of benzene rings is 2. The molecule has 0 spiro atoms. The van der Waals surface area contributed by atoms with Crippen LogP contribution in [0.15, 0.2) is 72.1 Å². The highest BCUT2D eigenvalue weighted by Gasteiger charge is 2.19. The fraction of sp³-hybridized carbons (Fsp3) is 0.130. The van der Waals surface area contributed by atoms with Crippen molar-refractivity contribution in [2.75, 3.05) is 13.1 Å². The summed E-state index contributed by atoms with van der Waals surface area (Å²) in [4.78, 5) is 30.1. The minimum absolute atomic E-state index is 0.0364. The fourth-order valence-corrected chi connectivity index (χ4v) is 3.74. The topological polar surface area (TPSA) is 109 Å². The van der Waals surface area contributed by atoms with Crippen molar-refractivity contribution < 1.29 is 14.7 Å². The molecule has 4 rings (SSSR count). The predicted octanol–water partition coefficient (Wildman–Crippen LogP) is 3.25. The number of nitrogens with one attached hydrogen (secondary N) is 2. The van der Waals surface area contributed by atoms with Crippen molar-refractivity contribution >= 4 is 23.2 Å². The Hall–Kier alpha value is -3.98. The standard InChI is InChI=1S/C23H21N5O3S/c29-18-10-4-7-16(15-18)22(30)24-12-6-13-25-23(31)20-26-21(19-11-5-14-32-19)28(27-20)17-8-2-1-3-9-17/h1-5,7-11,14-15,29H,6,12-13H2,(H,24,30)(H,25,31). The van der Waals surface area contributed by atoms with Gasteiger partial charge in [0.2, 0.25) is 5.82 Å². The normalized spacial score (nSPS) is 10.6.